The van der Waals surface area contributed by atoms with Crippen LogP contribution in [0.1, 0.15) is 30.1 Å². The van der Waals surface area contributed by atoms with E-state index in [2.05, 4.69) is 15.5 Å². The van der Waals surface area contributed by atoms with E-state index in [4.69, 9.17) is 11.6 Å². The lowest BCUT2D eigenvalue weighted by Crippen LogP contribution is -2.32. The topological polar surface area (TPSA) is 78.0 Å². The third-order valence-corrected chi connectivity index (χ3v) is 3.35. The van der Waals surface area contributed by atoms with Gasteiger partial charge in [0.25, 0.3) is 5.91 Å². The maximum Gasteiger partial charge on any atom is 0.255 e. The second-order valence-electron chi connectivity index (χ2n) is 4.82. The molecule has 2 rings (SSSR count). The van der Waals surface area contributed by atoms with E-state index in [0.29, 0.717) is 22.7 Å². The van der Waals surface area contributed by atoms with Crippen LogP contribution in [0.3, 0.4) is 0 Å². The van der Waals surface area contributed by atoms with E-state index in [1.807, 2.05) is 19.1 Å². The molecule has 0 spiro atoms. The van der Waals surface area contributed by atoms with Crippen molar-refractivity contribution in [3.8, 4) is 11.3 Å². The molecule has 0 fully saturated rings. The second kappa shape index (κ2) is 7.24. The Kier molecular flexibility index (Phi) is 5.36. The second-order valence-corrected chi connectivity index (χ2v) is 5.26. The van der Waals surface area contributed by atoms with E-state index in [1.165, 1.54) is 6.20 Å². The van der Waals surface area contributed by atoms with Gasteiger partial charge in [0.15, 0.2) is 0 Å². The Labute approximate surface area is 128 Å². The van der Waals surface area contributed by atoms with Gasteiger partial charge in [-0.2, -0.15) is 5.10 Å². The highest BCUT2D eigenvalue weighted by molar-refractivity contribution is 6.30. The van der Waals surface area contributed by atoms with Crippen molar-refractivity contribution in [2.75, 3.05) is 6.54 Å². The summed E-state index contributed by atoms with van der Waals surface area (Å²) in [4.78, 5) is 12.2. The van der Waals surface area contributed by atoms with E-state index < -0.39 is 6.10 Å². The molecule has 0 bridgehead atoms. The van der Waals surface area contributed by atoms with E-state index in [0.717, 1.165) is 12.0 Å². The molecule has 0 aliphatic rings. The van der Waals surface area contributed by atoms with Gasteiger partial charge in [-0.3, -0.25) is 9.89 Å². The summed E-state index contributed by atoms with van der Waals surface area (Å²) in [6.45, 7) is 2.21. The molecule has 0 saturated carbocycles. The van der Waals surface area contributed by atoms with Crippen molar-refractivity contribution < 1.29 is 9.90 Å². The molecule has 1 atom stereocenters. The maximum absolute atomic E-state index is 12.2. The summed E-state index contributed by atoms with van der Waals surface area (Å²) >= 11 is 5.96. The highest BCUT2D eigenvalue weighted by Crippen LogP contribution is 2.23. The molecule has 3 N–H and O–H groups in total. The van der Waals surface area contributed by atoms with Gasteiger partial charge >= 0.3 is 0 Å². The van der Waals surface area contributed by atoms with Crippen LogP contribution in [0.5, 0.6) is 0 Å². The number of aromatic nitrogens is 2. The number of amides is 1. The quantitative estimate of drug-likeness (QED) is 0.767. The molecule has 0 aliphatic heterocycles. The van der Waals surface area contributed by atoms with Gasteiger partial charge in [0.2, 0.25) is 0 Å². The molecular weight excluding hydrogens is 290 g/mol. The summed E-state index contributed by atoms with van der Waals surface area (Å²) in [5.41, 5.74) is 1.83. The van der Waals surface area contributed by atoms with Gasteiger partial charge < -0.3 is 10.4 Å². The van der Waals surface area contributed by atoms with E-state index in [-0.39, 0.29) is 12.5 Å². The summed E-state index contributed by atoms with van der Waals surface area (Å²) in [5, 5.41) is 19.7. The number of hydrogen-bond acceptors (Lipinski definition) is 3. The molecule has 0 saturated heterocycles. The first kappa shape index (κ1) is 15.5. The van der Waals surface area contributed by atoms with Crippen molar-refractivity contribution in [1.29, 1.82) is 0 Å². The Morgan fingerprint density at radius 3 is 3.05 bits per heavy atom. The number of benzene rings is 1. The van der Waals surface area contributed by atoms with Gasteiger partial charge in [-0.1, -0.05) is 37.1 Å². The Hall–Kier alpha value is -1.85. The first-order valence-electron chi connectivity index (χ1n) is 6.87. The first-order valence-corrected chi connectivity index (χ1v) is 7.25. The minimum absolute atomic E-state index is 0.229. The number of aromatic amines is 1. The molecule has 1 aromatic heterocycles. The fraction of sp³-hybridized carbons (Fsp3) is 0.333. The average molecular weight is 308 g/mol. The Morgan fingerprint density at radius 2 is 2.33 bits per heavy atom. The zero-order valence-corrected chi connectivity index (χ0v) is 12.5. The third-order valence-electron chi connectivity index (χ3n) is 3.12. The number of aliphatic hydroxyl groups excluding tert-OH is 1. The van der Waals surface area contributed by atoms with E-state index in [9.17, 15) is 9.90 Å². The van der Waals surface area contributed by atoms with Crippen molar-refractivity contribution in [1.82, 2.24) is 15.5 Å². The normalized spacial score (nSPS) is 12.1. The molecule has 112 valence electrons. The molecule has 1 unspecified atom stereocenters. The predicted molar refractivity (Wildman–Crippen MR) is 82.3 cm³/mol. The summed E-state index contributed by atoms with van der Waals surface area (Å²) in [7, 11) is 0. The molecule has 2 aromatic rings. The number of carbonyl (C=O) groups is 1. The Bertz CT molecular complexity index is 612. The Balaban J connectivity index is 2.11. The highest BCUT2D eigenvalue weighted by atomic mass is 35.5. The number of halogens is 1. The summed E-state index contributed by atoms with van der Waals surface area (Å²) in [6.07, 6.45) is 2.47. The minimum atomic E-state index is -0.527. The number of nitrogens with zero attached hydrogens (tertiary/aromatic N) is 1. The third kappa shape index (κ3) is 4.06. The van der Waals surface area contributed by atoms with Gasteiger partial charge in [0, 0.05) is 17.1 Å². The van der Waals surface area contributed by atoms with Gasteiger partial charge in [0.05, 0.1) is 23.6 Å². The van der Waals surface area contributed by atoms with Crippen LogP contribution in [0.15, 0.2) is 30.5 Å². The molecule has 0 radical (unpaired) electrons. The number of rotatable bonds is 6. The maximum atomic E-state index is 12.2. The van der Waals surface area contributed by atoms with Crippen LogP contribution in [-0.4, -0.2) is 33.9 Å². The zero-order valence-electron chi connectivity index (χ0n) is 11.8. The minimum Gasteiger partial charge on any atom is -0.391 e. The molecule has 1 aromatic carbocycles. The molecule has 21 heavy (non-hydrogen) atoms. The Morgan fingerprint density at radius 1 is 1.52 bits per heavy atom. The smallest absolute Gasteiger partial charge is 0.255 e. The van der Waals surface area contributed by atoms with Gasteiger partial charge in [-0.15, -0.1) is 0 Å². The van der Waals surface area contributed by atoms with E-state index in [1.54, 1.807) is 12.1 Å². The van der Waals surface area contributed by atoms with Crippen molar-refractivity contribution in [2.45, 2.75) is 25.9 Å². The lowest BCUT2D eigenvalue weighted by molar-refractivity contribution is 0.0911. The largest absolute Gasteiger partial charge is 0.391 e. The van der Waals surface area contributed by atoms with Crippen LogP contribution in [0.25, 0.3) is 11.3 Å². The van der Waals surface area contributed by atoms with Crippen molar-refractivity contribution in [2.24, 2.45) is 0 Å². The van der Waals surface area contributed by atoms with Crippen LogP contribution in [0, 0.1) is 0 Å². The average Bonchev–Trinajstić information content (AvgIpc) is 2.94. The van der Waals surface area contributed by atoms with Crippen LogP contribution >= 0.6 is 11.6 Å². The van der Waals surface area contributed by atoms with Gasteiger partial charge in [-0.25, -0.2) is 0 Å². The molecule has 0 aliphatic carbocycles. The molecule has 6 heteroatoms. The SMILES string of the molecule is CCCC(O)CNC(=O)c1cn[nH]c1-c1cccc(Cl)c1. The fourth-order valence-corrected chi connectivity index (χ4v) is 2.25. The van der Waals surface area contributed by atoms with Gasteiger partial charge in [-0.05, 0) is 18.6 Å². The number of carbonyl (C=O) groups excluding carboxylic acids is 1. The zero-order chi connectivity index (χ0) is 15.2. The fourth-order valence-electron chi connectivity index (χ4n) is 2.06. The summed E-state index contributed by atoms with van der Waals surface area (Å²) in [6, 6.07) is 7.19. The molecule has 5 nitrogen and oxygen atoms in total. The summed E-state index contributed by atoms with van der Waals surface area (Å²) < 4.78 is 0. The first-order chi connectivity index (χ1) is 10.1. The van der Waals surface area contributed by atoms with Crippen molar-refractivity contribution in [3.05, 3.63) is 41.0 Å². The lowest BCUT2D eigenvalue weighted by Gasteiger charge is -2.10. The van der Waals surface area contributed by atoms with Crippen LogP contribution < -0.4 is 5.32 Å². The summed E-state index contributed by atoms with van der Waals surface area (Å²) in [5.74, 6) is -0.270. The molecular formula is C15H18ClN3O2. The number of H-pyrrole nitrogens is 1. The van der Waals surface area contributed by atoms with Crippen LogP contribution in [0.4, 0.5) is 0 Å². The van der Waals surface area contributed by atoms with Crippen molar-refractivity contribution in [3.63, 3.8) is 0 Å². The van der Waals surface area contributed by atoms with E-state index >= 15 is 0 Å². The van der Waals surface area contributed by atoms with Crippen LogP contribution in [-0.2, 0) is 0 Å². The molecule has 1 amide bonds. The van der Waals surface area contributed by atoms with Crippen molar-refractivity contribution >= 4 is 17.5 Å². The standard InChI is InChI=1S/C15H18ClN3O2/c1-2-4-12(20)8-17-15(21)13-9-18-19-14(13)10-5-3-6-11(16)7-10/h3,5-7,9,12,20H,2,4,8H2,1H3,(H,17,21)(H,18,19). The van der Waals surface area contributed by atoms with Crippen LogP contribution in [0.2, 0.25) is 5.02 Å². The number of aliphatic hydroxyl groups is 1. The number of nitrogens with one attached hydrogen (secondary N) is 2. The predicted octanol–water partition coefficient (Wildman–Crippen LogP) is 2.62. The number of hydrogen-bond donors (Lipinski definition) is 3. The highest BCUT2D eigenvalue weighted by Gasteiger charge is 2.16. The lowest BCUT2D eigenvalue weighted by atomic mass is 10.1. The molecule has 1 heterocycles. The monoisotopic (exact) mass is 307 g/mol. The van der Waals surface area contributed by atoms with Gasteiger partial charge in [0.1, 0.15) is 0 Å².